The Labute approximate surface area is 108 Å². The summed E-state index contributed by atoms with van der Waals surface area (Å²) in [5.41, 5.74) is 1.27. The molecular formula is C15H21NO2. The fourth-order valence-electron chi connectivity index (χ4n) is 2.83. The molecule has 0 atom stereocenters. The van der Waals surface area contributed by atoms with Crippen molar-refractivity contribution >= 4 is 5.97 Å². The lowest BCUT2D eigenvalue weighted by Gasteiger charge is -2.35. The monoisotopic (exact) mass is 247 g/mol. The summed E-state index contributed by atoms with van der Waals surface area (Å²) in [6.07, 6.45) is 4.14. The van der Waals surface area contributed by atoms with E-state index in [-0.39, 0.29) is 0 Å². The lowest BCUT2D eigenvalue weighted by molar-refractivity contribution is -0.151. The van der Waals surface area contributed by atoms with E-state index in [1.165, 1.54) is 0 Å². The average molecular weight is 247 g/mol. The fraction of sp³-hybridized carbons (Fsp3) is 0.600. The molecule has 0 amide bonds. The van der Waals surface area contributed by atoms with Crippen molar-refractivity contribution in [2.75, 3.05) is 0 Å². The standard InChI is InChI=1S/C15H21NO2/c1-11-6-8-15(9-7-11,14(17)18)10-13-5-3-4-12(2)16-13/h3-5,11H,6-10H2,1-2H3,(H,17,18). The lowest BCUT2D eigenvalue weighted by atomic mass is 9.68. The summed E-state index contributed by atoms with van der Waals surface area (Å²) in [5, 5.41) is 9.58. The summed E-state index contributed by atoms with van der Waals surface area (Å²) < 4.78 is 0. The highest BCUT2D eigenvalue weighted by atomic mass is 16.4. The molecule has 1 aromatic heterocycles. The number of hydrogen-bond acceptors (Lipinski definition) is 2. The third kappa shape index (κ3) is 2.71. The van der Waals surface area contributed by atoms with Gasteiger partial charge in [0, 0.05) is 17.8 Å². The molecule has 0 radical (unpaired) electrons. The minimum atomic E-state index is -0.655. The van der Waals surface area contributed by atoms with Crippen molar-refractivity contribution in [3.63, 3.8) is 0 Å². The number of carboxylic acid groups (broad SMARTS) is 1. The number of hydrogen-bond donors (Lipinski definition) is 1. The van der Waals surface area contributed by atoms with Gasteiger partial charge < -0.3 is 5.11 Å². The maximum Gasteiger partial charge on any atom is 0.310 e. The number of rotatable bonds is 3. The quantitative estimate of drug-likeness (QED) is 0.892. The zero-order chi connectivity index (χ0) is 13.2. The average Bonchev–Trinajstić information content (AvgIpc) is 2.32. The van der Waals surface area contributed by atoms with Crippen molar-refractivity contribution in [3.8, 4) is 0 Å². The number of aliphatic carboxylic acids is 1. The van der Waals surface area contributed by atoms with Crippen molar-refractivity contribution in [1.29, 1.82) is 0 Å². The van der Waals surface area contributed by atoms with Crippen molar-refractivity contribution in [3.05, 3.63) is 29.6 Å². The van der Waals surface area contributed by atoms with Gasteiger partial charge in [-0.15, -0.1) is 0 Å². The minimum absolute atomic E-state index is 0.566. The van der Waals surface area contributed by atoms with Crippen LogP contribution < -0.4 is 0 Å². The summed E-state index contributed by atoms with van der Waals surface area (Å²) in [4.78, 5) is 16.1. The Kier molecular flexibility index (Phi) is 3.69. The van der Waals surface area contributed by atoms with E-state index in [1.807, 2.05) is 25.1 Å². The smallest absolute Gasteiger partial charge is 0.310 e. The maximum atomic E-state index is 11.6. The SMILES string of the molecule is Cc1cccc(CC2(C(=O)O)CCC(C)CC2)n1. The van der Waals surface area contributed by atoms with Gasteiger partial charge in [0.15, 0.2) is 0 Å². The molecule has 1 N–H and O–H groups in total. The molecule has 0 saturated heterocycles. The third-order valence-corrected chi connectivity index (χ3v) is 4.15. The molecule has 3 nitrogen and oxygen atoms in total. The highest BCUT2D eigenvalue weighted by Gasteiger charge is 2.41. The van der Waals surface area contributed by atoms with Crippen molar-refractivity contribution < 1.29 is 9.90 Å². The van der Waals surface area contributed by atoms with Gasteiger partial charge in [0.1, 0.15) is 0 Å². The van der Waals surface area contributed by atoms with Crippen molar-refractivity contribution in [2.24, 2.45) is 11.3 Å². The molecule has 2 rings (SSSR count). The number of carboxylic acids is 1. The Balaban J connectivity index is 2.19. The first-order valence-corrected chi connectivity index (χ1v) is 6.68. The van der Waals surface area contributed by atoms with Crippen LogP contribution in [0.2, 0.25) is 0 Å². The van der Waals surface area contributed by atoms with Crippen LogP contribution in [0.25, 0.3) is 0 Å². The summed E-state index contributed by atoms with van der Waals surface area (Å²) in [7, 11) is 0. The first-order chi connectivity index (χ1) is 8.52. The van der Waals surface area contributed by atoms with Crippen molar-refractivity contribution in [2.45, 2.75) is 46.0 Å². The van der Waals surface area contributed by atoms with Gasteiger partial charge in [0.2, 0.25) is 0 Å². The first-order valence-electron chi connectivity index (χ1n) is 6.68. The topological polar surface area (TPSA) is 50.2 Å². The van der Waals surface area contributed by atoms with Crippen LogP contribution >= 0.6 is 0 Å². The van der Waals surface area contributed by atoms with Crippen LogP contribution in [0.3, 0.4) is 0 Å². The van der Waals surface area contributed by atoms with Crippen LogP contribution in [0.1, 0.15) is 44.0 Å². The molecule has 1 aliphatic carbocycles. The zero-order valence-electron chi connectivity index (χ0n) is 11.1. The summed E-state index contributed by atoms with van der Waals surface area (Å²) in [6, 6.07) is 5.84. The molecular weight excluding hydrogens is 226 g/mol. The third-order valence-electron chi connectivity index (χ3n) is 4.15. The van der Waals surface area contributed by atoms with E-state index in [1.54, 1.807) is 0 Å². The van der Waals surface area contributed by atoms with E-state index in [4.69, 9.17) is 0 Å². The highest BCUT2D eigenvalue weighted by Crippen LogP contribution is 2.41. The molecule has 0 bridgehead atoms. The van der Waals surface area contributed by atoms with Gasteiger partial charge in [-0.2, -0.15) is 0 Å². The van der Waals surface area contributed by atoms with Crippen LogP contribution in [0.4, 0.5) is 0 Å². The second-order valence-electron chi connectivity index (χ2n) is 5.72. The van der Waals surface area contributed by atoms with Gasteiger partial charge in [-0.25, -0.2) is 0 Å². The minimum Gasteiger partial charge on any atom is -0.481 e. The second kappa shape index (κ2) is 5.09. The zero-order valence-corrected chi connectivity index (χ0v) is 11.1. The molecule has 3 heteroatoms. The molecule has 0 aliphatic heterocycles. The highest BCUT2D eigenvalue weighted by molar-refractivity contribution is 5.75. The Morgan fingerprint density at radius 1 is 1.44 bits per heavy atom. The van der Waals surface area contributed by atoms with E-state index in [0.717, 1.165) is 37.1 Å². The molecule has 0 unspecified atom stereocenters. The number of carbonyl (C=O) groups is 1. The summed E-state index contributed by atoms with van der Waals surface area (Å²) in [6.45, 7) is 4.15. The molecule has 98 valence electrons. The van der Waals surface area contributed by atoms with Gasteiger partial charge in [-0.1, -0.05) is 13.0 Å². The molecule has 0 aromatic carbocycles. The van der Waals surface area contributed by atoms with Gasteiger partial charge in [0.25, 0.3) is 0 Å². The number of aryl methyl sites for hydroxylation is 1. The molecule has 0 spiro atoms. The Hall–Kier alpha value is -1.38. The molecule has 1 heterocycles. The van der Waals surface area contributed by atoms with E-state index >= 15 is 0 Å². The van der Waals surface area contributed by atoms with Gasteiger partial charge in [-0.05, 0) is 50.7 Å². The largest absolute Gasteiger partial charge is 0.481 e. The van der Waals surface area contributed by atoms with Crippen LogP contribution in [0.15, 0.2) is 18.2 Å². The van der Waals surface area contributed by atoms with E-state index in [2.05, 4.69) is 11.9 Å². The number of aromatic nitrogens is 1. The van der Waals surface area contributed by atoms with E-state index < -0.39 is 11.4 Å². The predicted molar refractivity (Wildman–Crippen MR) is 70.4 cm³/mol. The Bertz CT molecular complexity index is 434. The molecule has 1 fully saturated rings. The van der Waals surface area contributed by atoms with Crippen LogP contribution in [0.5, 0.6) is 0 Å². The van der Waals surface area contributed by atoms with E-state index in [0.29, 0.717) is 12.3 Å². The van der Waals surface area contributed by atoms with Gasteiger partial charge in [0.05, 0.1) is 5.41 Å². The Morgan fingerprint density at radius 2 is 2.11 bits per heavy atom. The number of pyridine rings is 1. The summed E-state index contributed by atoms with van der Waals surface area (Å²) >= 11 is 0. The molecule has 1 aromatic rings. The molecule has 18 heavy (non-hydrogen) atoms. The predicted octanol–water partition coefficient (Wildman–Crippen LogP) is 3.21. The molecule has 1 saturated carbocycles. The molecule has 1 aliphatic rings. The van der Waals surface area contributed by atoms with Gasteiger partial charge in [-0.3, -0.25) is 9.78 Å². The van der Waals surface area contributed by atoms with Crippen LogP contribution in [-0.2, 0) is 11.2 Å². The first kappa shape index (κ1) is 13.1. The van der Waals surface area contributed by atoms with Crippen LogP contribution in [-0.4, -0.2) is 16.1 Å². The van der Waals surface area contributed by atoms with Gasteiger partial charge >= 0.3 is 5.97 Å². The maximum absolute atomic E-state index is 11.6. The lowest BCUT2D eigenvalue weighted by Crippen LogP contribution is -2.37. The Morgan fingerprint density at radius 3 is 2.67 bits per heavy atom. The summed E-state index contributed by atoms with van der Waals surface area (Å²) in [5.74, 6) is 0.000602. The normalized spacial score (nSPS) is 28.0. The van der Waals surface area contributed by atoms with Crippen molar-refractivity contribution in [1.82, 2.24) is 4.98 Å². The van der Waals surface area contributed by atoms with Crippen LogP contribution in [0, 0.1) is 18.3 Å². The van der Waals surface area contributed by atoms with E-state index in [9.17, 15) is 9.90 Å². The second-order valence-corrected chi connectivity index (χ2v) is 5.72. The number of nitrogens with zero attached hydrogens (tertiary/aromatic N) is 1. The fourth-order valence-corrected chi connectivity index (χ4v) is 2.83.